The van der Waals surface area contributed by atoms with Crippen molar-refractivity contribution in [2.75, 3.05) is 34.4 Å². The van der Waals surface area contributed by atoms with Crippen LogP contribution in [-0.4, -0.2) is 65.6 Å². The molecule has 2 N–H and O–H groups in total. The molecule has 0 unspecified atom stereocenters. The summed E-state index contributed by atoms with van der Waals surface area (Å²) in [6.45, 7) is 2.57. The molecule has 4 aromatic rings. The van der Waals surface area contributed by atoms with Gasteiger partial charge >= 0.3 is 0 Å². The summed E-state index contributed by atoms with van der Waals surface area (Å²) in [4.78, 5) is 29.9. The van der Waals surface area contributed by atoms with Crippen LogP contribution >= 0.6 is 0 Å². The van der Waals surface area contributed by atoms with Crippen LogP contribution in [0.25, 0.3) is 0 Å². The zero-order valence-electron chi connectivity index (χ0n) is 28.5. The van der Waals surface area contributed by atoms with Crippen molar-refractivity contribution in [3.8, 4) is 17.2 Å². The van der Waals surface area contributed by atoms with Crippen LogP contribution in [0.15, 0.2) is 102 Å². The van der Waals surface area contributed by atoms with E-state index in [-0.39, 0.29) is 36.2 Å². The van der Waals surface area contributed by atoms with Crippen LogP contribution in [0, 0.1) is 0 Å². The Hall–Kier alpha value is -4.87. The van der Waals surface area contributed by atoms with Crippen LogP contribution in [0.3, 0.4) is 0 Å². The lowest BCUT2D eigenvalue weighted by atomic mass is 10.0. The number of amides is 2. The van der Waals surface area contributed by atoms with Crippen molar-refractivity contribution in [2.45, 2.75) is 50.1 Å². The third-order valence-electron chi connectivity index (χ3n) is 8.14. The summed E-state index contributed by atoms with van der Waals surface area (Å²) in [5, 5.41) is 3.07. The summed E-state index contributed by atoms with van der Waals surface area (Å²) < 4.78 is 43.3. The van der Waals surface area contributed by atoms with E-state index < -0.39 is 16.1 Å². The summed E-state index contributed by atoms with van der Waals surface area (Å²) in [7, 11) is 1.17. The third kappa shape index (κ3) is 10.6. The van der Waals surface area contributed by atoms with Crippen LogP contribution in [0.1, 0.15) is 35.6 Å². The average molecular weight is 688 g/mol. The fourth-order valence-electron chi connectivity index (χ4n) is 5.47. The quantitative estimate of drug-likeness (QED) is 0.152. The first-order valence-electron chi connectivity index (χ1n) is 16.2. The van der Waals surface area contributed by atoms with Crippen molar-refractivity contribution in [1.82, 2.24) is 14.9 Å². The van der Waals surface area contributed by atoms with Crippen molar-refractivity contribution in [1.29, 1.82) is 0 Å². The molecule has 1 atom stereocenters. The van der Waals surface area contributed by atoms with E-state index in [0.717, 1.165) is 22.3 Å². The number of carbonyl (C=O) groups is 2. The number of nitrogens with zero attached hydrogens (tertiary/aromatic N) is 1. The molecule has 11 heteroatoms. The summed E-state index contributed by atoms with van der Waals surface area (Å²) in [6, 6.07) is 28.4. The normalized spacial score (nSPS) is 11.8. The number of hydrogen-bond donors (Lipinski definition) is 2. The largest absolute Gasteiger partial charge is 0.497 e. The van der Waals surface area contributed by atoms with Gasteiger partial charge in [-0.2, -0.15) is 0 Å². The number of carbonyl (C=O) groups excluding carboxylic acids is 2. The Kier molecular flexibility index (Phi) is 13.6. The van der Waals surface area contributed by atoms with Crippen LogP contribution in [-0.2, 0) is 45.4 Å². The van der Waals surface area contributed by atoms with E-state index in [1.54, 1.807) is 45.3 Å². The van der Waals surface area contributed by atoms with Gasteiger partial charge < -0.3 is 24.4 Å². The number of benzene rings is 4. The zero-order valence-corrected chi connectivity index (χ0v) is 29.3. The Labute approximate surface area is 289 Å². The van der Waals surface area contributed by atoms with E-state index in [4.69, 9.17) is 14.2 Å². The third-order valence-corrected chi connectivity index (χ3v) is 9.70. The van der Waals surface area contributed by atoms with Gasteiger partial charge in [0.05, 0.1) is 26.2 Å². The molecule has 0 saturated heterocycles. The highest BCUT2D eigenvalue weighted by Crippen LogP contribution is 2.27. The van der Waals surface area contributed by atoms with Gasteiger partial charge in [-0.05, 0) is 71.5 Å². The van der Waals surface area contributed by atoms with Gasteiger partial charge in [-0.25, -0.2) is 13.1 Å². The molecule has 0 spiro atoms. The molecule has 0 radical (unpaired) electrons. The smallest absolute Gasteiger partial charge is 0.243 e. The van der Waals surface area contributed by atoms with E-state index in [2.05, 4.69) is 10.0 Å². The maximum Gasteiger partial charge on any atom is 0.243 e. The number of aryl methyl sites for hydroxylation is 1. The fraction of sp³-hybridized carbons (Fsp3) is 0.316. The Balaban J connectivity index is 1.57. The predicted molar refractivity (Wildman–Crippen MR) is 189 cm³/mol. The minimum atomic E-state index is -3.58. The summed E-state index contributed by atoms with van der Waals surface area (Å²) in [5.74, 6) is 1.47. The molecule has 0 aliphatic carbocycles. The molecule has 0 aromatic heterocycles. The zero-order chi connectivity index (χ0) is 35.2. The van der Waals surface area contributed by atoms with E-state index in [1.807, 2.05) is 72.8 Å². The highest BCUT2D eigenvalue weighted by Gasteiger charge is 2.30. The molecule has 0 fully saturated rings. The highest BCUT2D eigenvalue weighted by molar-refractivity contribution is 7.89. The van der Waals surface area contributed by atoms with Gasteiger partial charge in [-0.1, -0.05) is 67.6 Å². The summed E-state index contributed by atoms with van der Waals surface area (Å²) >= 11 is 0. The molecule has 0 saturated carbocycles. The Morgan fingerprint density at radius 3 is 2.02 bits per heavy atom. The maximum atomic E-state index is 14.1. The number of rotatable bonds is 18. The van der Waals surface area contributed by atoms with Gasteiger partial charge in [0.15, 0.2) is 11.5 Å². The Bertz CT molecular complexity index is 1760. The lowest BCUT2D eigenvalue weighted by Crippen LogP contribution is -2.50. The van der Waals surface area contributed by atoms with Crippen LogP contribution in [0.5, 0.6) is 17.2 Å². The van der Waals surface area contributed by atoms with Gasteiger partial charge in [-0.15, -0.1) is 0 Å². The number of hydrogen-bond acceptors (Lipinski definition) is 7. The second-order valence-electron chi connectivity index (χ2n) is 11.5. The van der Waals surface area contributed by atoms with E-state index in [0.29, 0.717) is 43.1 Å². The molecular weight excluding hydrogens is 642 g/mol. The van der Waals surface area contributed by atoms with Crippen molar-refractivity contribution >= 4 is 21.8 Å². The summed E-state index contributed by atoms with van der Waals surface area (Å²) in [5.41, 5.74) is 3.55. The lowest BCUT2D eigenvalue weighted by Gasteiger charge is -2.32. The number of ether oxygens (including phenoxy) is 3. The molecule has 49 heavy (non-hydrogen) atoms. The van der Waals surface area contributed by atoms with Gasteiger partial charge in [0, 0.05) is 32.5 Å². The highest BCUT2D eigenvalue weighted by atomic mass is 32.2. The number of sulfonamides is 1. The molecule has 2 amide bonds. The second-order valence-corrected chi connectivity index (χ2v) is 13.2. The standard InChI is InChI=1S/C38H45N3O7S/c1-5-40-49(44,45)33-19-13-28(14-20-33)16-22-37(42)41(27-31-11-17-32(46-2)18-12-31)34(25-29-9-7-6-8-10-29)38(43)39-24-23-30-15-21-35(47-3)36(26-30)48-4/h6-15,17-21,26,34,40H,5,16,22-25,27H2,1-4H3,(H,39,43)/t34-/m1/s1. The summed E-state index contributed by atoms with van der Waals surface area (Å²) in [6.07, 6.45) is 1.37. The lowest BCUT2D eigenvalue weighted by molar-refractivity contribution is -0.141. The van der Waals surface area contributed by atoms with Gasteiger partial charge in [0.2, 0.25) is 21.8 Å². The molecule has 260 valence electrons. The molecule has 0 bridgehead atoms. The second kappa shape index (κ2) is 18.0. The average Bonchev–Trinajstić information content (AvgIpc) is 3.12. The minimum Gasteiger partial charge on any atom is -0.497 e. The first kappa shape index (κ1) is 37.0. The Morgan fingerprint density at radius 1 is 0.735 bits per heavy atom. The molecular formula is C38H45N3O7S. The molecule has 4 aromatic carbocycles. The van der Waals surface area contributed by atoms with E-state index in [1.165, 1.54) is 12.1 Å². The molecule has 0 aliphatic rings. The molecule has 4 rings (SSSR count). The van der Waals surface area contributed by atoms with Crippen molar-refractivity contribution in [2.24, 2.45) is 0 Å². The SMILES string of the molecule is CCNS(=O)(=O)c1ccc(CCC(=O)N(Cc2ccc(OC)cc2)[C@H](Cc2ccccc2)C(=O)NCCc2ccc(OC)c(OC)c2)cc1. The Morgan fingerprint density at radius 2 is 1.39 bits per heavy atom. The van der Waals surface area contributed by atoms with Crippen LogP contribution in [0.2, 0.25) is 0 Å². The van der Waals surface area contributed by atoms with Crippen LogP contribution < -0.4 is 24.2 Å². The molecule has 0 aliphatic heterocycles. The van der Waals surface area contributed by atoms with Crippen molar-refractivity contribution in [3.63, 3.8) is 0 Å². The fourth-order valence-corrected chi connectivity index (χ4v) is 6.51. The monoisotopic (exact) mass is 687 g/mol. The number of methoxy groups -OCH3 is 3. The van der Waals surface area contributed by atoms with Gasteiger partial charge in [0.25, 0.3) is 0 Å². The number of nitrogens with one attached hydrogen (secondary N) is 2. The van der Waals surface area contributed by atoms with Crippen molar-refractivity contribution < 1.29 is 32.2 Å². The predicted octanol–water partition coefficient (Wildman–Crippen LogP) is 4.94. The minimum absolute atomic E-state index is 0.125. The first-order valence-corrected chi connectivity index (χ1v) is 17.7. The van der Waals surface area contributed by atoms with Gasteiger partial charge in [0.1, 0.15) is 11.8 Å². The molecule has 10 nitrogen and oxygen atoms in total. The maximum absolute atomic E-state index is 14.1. The van der Waals surface area contributed by atoms with Crippen LogP contribution in [0.4, 0.5) is 0 Å². The van der Waals surface area contributed by atoms with Crippen molar-refractivity contribution in [3.05, 3.63) is 119 Å². The molecule has 0 heterocycles. The van der Waals surface area contributed by atoms with E-state index in [9.17, 15) is 18.0 Å². The van der Waals surface area contributed by atoms with Gasteiger partial charge in [-0.3, -0.25) is 9.59 Å². The first-order chi connectivity index (χ1) is 23.7. The topological polar surface area (TPSA) is 123 Å². The van der Waals surface area contributed by atoms with E-state index >= 15 is 0 Å².